The lowest BCUT2D eigenvalue weighted by Crippen LogP contribution is -2.28. The van der Waals surface area contributed by atoms with Crippen LogP contribution in [0.4, 0.5) is 13.2 Å². The van der Waals surface area contributed by atoms with Gasteiger partial charge in [-0.05, 0) is 61.6 Å². The summed E-state index contributed by atoms with van der Waals surface area (Å²) in [6, 6.07) is 5.67. The Kier molecular flexibility index (Phi) is 6.54. The zero-order valence-corrected chi connectivity index (χ0v) is 15.1. The van der Waals surface area contributed by atoms with E-state index in [0.29, 0.717) is 12.3 Å². The number of esters is 1. The number of alkyl halides is 3. The van der Waals surface area contributed by atoms with Gasteiger partial charge in [0.1, 0.15) is 5.75 Å². The van der Waals surface area contributed by atoms with Gasteiger partial charge in [-0.25, -0.2) is 0 Å². The van der Waals surface area contributed by atoms with Gasteiger partial charge in [-0.2, -0.15) is 21.6 Å². The van der Waals surface area contributed by atoms with E-state index in [0.717, 1.165) is 37.7 Å². The number of benzene rings is 1. The fourth-order valence-corrected chi connectivity index (χ4v) is 3.64. The lowest BCUT2D eigenvalue weighted by atomic mass is 9.77. The number of carbonyl (C=O) groups is 1. The van der Waals surface area contributed by atoms with Gasteiger partial charge in [-0.15, -0.1) is 0 Å². The van der Waals surface area contributed by atoms with Gasteiger partial charge in [0.2, 0.25) is 0 Å². The molecule has 1 fully saturated rings. The highest BCUT2D eigenvalue weighted by molar-refractivity contribution is 7.88. The van der Waals surface area contributed by atoms with Crippen molar-refractivity contribution in [2.24, 2.45) is 5.92 Å². The van der Waals surface area contributed by atoms with Crippen molar-refractivity contribution in [2.45, 2.75) is 50.0 Å². The monoisotopic (exact) mass is 394 g/mol. The highest BCUT2D eigenvalue weighted by atomic mass is 32.2. The van der Waals surface area contributed by atoms with Gasteiger partial charge in [-0.1, -0.05) is 12.1 Å². The Morgan fingerprint density at radius 2 is 1.69 bits per heavy atom. The summed E-state index contributed by atoms with van der Waals surface area (Å²) in [6.07, 6.45) is 4.94. The molecule has 1 aliphatic rings. The van der Waals surface area contributed by atoms with Crippen LogP contribution in [-0.2, 0) is 19.6 Å². The Morgan fingerprint density at radius 1 is 1.12 bits per heavy atom. The highest BCUT2D eigenvalue weighted by Gasteiger charge is 2.48. The number of ether oxygens (including phenoxy) is 1. The fraction of sp³-hybridized carbons (Fsp3) is 0.588. The average Bonchev–Trinajstić information content (AvgIpc) is 2.59. The van der Waals surface area contributed by atoms with Crippen LogP contribution in [0.2, 0.25) is 0 Å². The third-order valence-corrected chi connectivity index (χ3v) is 5.65. The van der Waals surface area contributed by atoms with Crippen LogP contribution in [0.15, 0.2) is 24.3 Å². The molecule has 0 atom stereocenters. The number of halogens is 3. The predicted molar refractivity (Wildman–Crippen MR) is 88.0 cm³/mol. The Balaban J connectivity index is 1.89. The zero-order valence-electron chi connectivity index (χ0n) is 14.3. The predicted octanol–water partition coefficient (Wildman–Crippen LogP) is 4.14. The van der Waals surface area contributed by atoms with Crippen LogP contribution >= 0.6 is 0 Å². The molecule has 0 saturated heterocycles. The molecule has 9 heteroatoms. The van der Waals surface area contributed by atoms with Crippen LogP contribution < -0.4 is 4.18 Å². The largest absolute Gasteiger partial charge is 0.534 e. The highest BCUT2D eigenvalue weighted by Crippen LogP contribution is 2.38. The summed E-state index contributed by atoms with van der Waals surface area (Å²) in [4.78, 5) is 11.2. The minimum absolute atomic E-state index is 0.212. The molecule has 0 radical (unpaired) electrons. The van der Waals surface area contributed by atoms with Crippen LogP contribution in [-0.4, -0.2) is 27.0 Å². The molecule has 0 N–H and O–H groups in total. The molecule has 1 saturated carbocycles. The van der Waals surface area contributed by atoms with Crippen molar-refractivity contribution in [3.8, 4) is 5.75 Å². The van der Waals surface area contributed by atoms with Crippen LogP contribution in [0.3, 0.4) is 0 Å². The first-order chi connectivity index (χ1) is 12.1. The lowest BCUT2D eigenvalue weighted by molar-refractivity contribution is -0.141. The summed E-state index contributed by atoms with van der Waals surface area (Å²) in [5.74, 6) is 0.150. The van der Waals surface area contributed by atoms with Crippen molar-refractivity contribution in [3.05, 3.63) is 29.8 Å². The molecule has 0 bridgehead atoms. The first-order valence-electron chi connectivity index (χ1n) is 8.30. The van der Waals surface area contributed by atoms with Gasteiger partial charge in [0.15, 0.2) is 0 Å². The average molecular weight is 394 g/mol. The summed E-state index contributed by atoms with van der Waals surface area (Å²) in [6.45, 7) is 0. The Bertz CT molecular complexity index is 705. The summed E-state index contributed by atoms with van der Waals surface area (Å²) < 4.78 is 67.7. The van der Waals surface area contributed by atoms with Gasteiger partial charge in [0.05, 0.1) is 7.11 Å². The molecule has 0 unspecified atom stereocenters. The zero-order chi connectivity index (χ0) is 19.4. The minimum atomic E-state index is -5.65. The van der Waals surface area contributed by atoms with Crippen molar-refractivity contribution in [1.29, 1.82) is 0 Å². The van der Waals surface area contributed by atoms with E-state index in [1.54, 1.807) is 12.1 Å². The maximum atomic E-state index is 12.3. The smallest absolute Gasteiger partial charge is 0.469 e. The Morgan fingerprint density at radius 3 is 2.19 bits per heavy atom. The van der Waals surface area contributed by atoms with Gasteiger partial charge >= 0.3 is 21.6 Å². The number of hydrogen-bond acceptors (Lipinski definition) is 5. The fourth-order valence-electron chi connectivity index (χ4n) is 3.18. The standard InChI is InChI=1S/C17H21F3O5S/c1-24-16(21)11-4-12-2-5-13(6-3-12)14-7-9-15(10-8-14)25-26(22,23)17(18,19)20/h7-10,12-13H,2-6,11H2,1H3/t12-,13-. The van der Waals surface area contributed by atoms with Crippen molar-refractivity contribution >= 4 is 16.1 Å². The molecule has 1 aliphatic carbocycles. The van der Waals surface area contributed by atoms with E-state index in [1.807, 2.05) is 0 Å². The van der Waals surface area contributed by atoms with E-state index in [9.17, 15) is 26.4 Å². The van der Waals surface area contributed by atoms with Crippen molar-refractivity contribution in [3.63, 3.8) is 0 Å². The summed E-state index contributed by atoms with van der Waals surface area (Å²) in [5.41, 5.74) is -4.51. The van der Waals surface area contributed by atoms with E-state index < -0.39 is 15.6 Å². The van der Waals surface area contributed by atoms with E-state index in [-0.39, 0.29) is 17.6 Å². The second-order valence-corrected chi connectivity index (χ2v) is 7.92. The second-order valence-electron chi connectivity index (χ2n) is 6.38. The molecular weight excluding hydrogens is 373 g/mol. The van der Waals surface area contributed by atoms with Gasteiger partial charge < -0.3 is 8.92 Å². The third kappa shape index (κ3) is 5.36. The Labute approximate surface area is 150 Å². The molecule has 0 aromatic heterocycles. The van der Waals surface area contributed by atoms with Crippen LogP contribution in [0, 0.1) is 5.92 Å². The summed E-state index contributed by atoms with van der Waals surface area (Å²) in [5, 5.41) is 0. The van der Waals surface area contributed by atoms with E-state index in [2.05, 4.69) is 8.92 Å². The van der Waals surface area contributed by atoms with Crippen molar-refractivity contribution in [2.75, 3.05) is 7.11 Å². The number of rotatable bonds is 6. The molecule has 0 aliphatic heterocycles. The lowest BCUT2D eigenvalue weighted by Gasteiger charge is -2.28. The quantitative estimate of drug-likeness (QED) is 0.412. The van der Waals surface area contributed by atoms with Gasteiger partial charge in [0.25, 0.3) is 0 Å². The van der Waals surface area contributed by atoms with Crippen molar-refractivity contribution in [1.82, 2.24) is 0 Å². The molecule has 5 nitrogen and oxygen atoms in total. The second kappa shape index (κ2) is 8.28. The SMILES string of the molecule is COC(=O)CC[C@H]1CC[C@H](c2ccc(OS(=O)(=O)C(F)(F)F)cc2)CC1. The van der Waals surface area contributed by atoms with Gasteiger partial charge in [0, 0.05) is 6.42 Å². The van der Waals surface area contributed by atoms with Crippen LogP contribution in [0.1, 0.15) is 50.0 Å². The number of methoxy groups -OCH3 is 1. The molecule has 2 rings (SSSR count). The van der Waals surface area contributed by atoms with E-state index in [4.69, 9.17) is 0 Å². The first kappa shape index (κ1) is 20.5. The molecule has 0 heterocycles. The molecule has 1 aromatic carbocycles. The molecule has 1 aromatic rings. The molecule has 146 valence electrons. The first-order valence-corrected chi connectivity index (χ1v) is 9.70. The minimum Gasteiger partial charge on any atom is -0.469 e. The summed E-state index contributed by atoms with van der Waals surface area (Å²) >= 11 is 0. The van der Waals surface area contributed by atoms with Gasteiger partial charge in [-0.3, -0.25) is 4.79 Å². The molecule has 26 heavy (non-hydrogen) atoms. The maximum absolute atomic E-state index is 12.3. The normalized spacial score (nSPS) is 21.2. The molecule has 0 amide bonds. The maximum Gasteiger partial charge on any atom is 0.534 e. The van der Waals surface area contributed by atoms with E-state index >= 15 is 0 Å². The van der Waals surface area contributed by atoms with Crippen molar-refractivity contribution < 1.29 is 35.3 Å². The number of carbonyl (C=O) groups excluding carboxylic acids is 1. The molecule has 0 spiro atoms. The topological polar surface area (TPSA) is 69.7 Å². The molecular formula is C17H21F3O5S. The Hall–Kier alpha value is -1.77. The number of hydrogen-bond donors (Lipinski definition) is 0. The van der Waals surface area contributed by atoms with Crippen LogP contribution in [0.25, 0.3) is 0 Å². The third-order valence-electron chi connectivity index (χ3n) is 4.67. The van der Waals surface area contributed by atoms with E-state index in [1.165, 1.54) is 19.2 Å². The summed E-state index contributed by atoms with van der Waals surface area (Å²) in [7, 11) is -4.28. The van der Waals surface area contributed by atoms with Crippen LogP contribution in [0.5, 0.6) is 5.75 Å².